The number of benzene rings is 1. The Morgan fingerprint density at radius 3 is 1.70 bits per heavy atom. The van der Waals surface area contributed by atoms with Crippen molar-refractivity contribution in [3.63, 3.8) is 0 Å². The van der Waals surface area contributed by atoms with Crippen molar-refractivity contribution in [2.24, 2.45) is 0 Å². The average Bonchev–Trinajstić information content (AvgIpc) is 3.17. The van der Waals surface area contributed by atoms with Crippen molar-refractivity contribution in [3.8, 4) is 23.7 Å². The van der Waals surface area contributed by atoms with Crippen LogP contribution in [0.2, 0.25) is 0 Å². The Kier molecular flexibility index (Phi) is 3.68. The van der Waals surface area contributed by atoms with Gasteiger partial charge in [0.05, 0.1) is 0 Å². The first-order valence-electron chi connectivity index (χ1n) is 6.78. The number of hydrogen-bond donors (Lipinski definition) is 0. The molecule has 0 heteroatoms. The van der Waals surface area contributed by atoms with Gasteiger partial charge in [0.15, 0.2) is 0 Å². The normalized spacial score (nSPS) is 15.0. The molecule has 94 valence electrons. The van der Waals surface area contributed by atoms with Gasteiger partial charge in [-0.25, -0.2) is 0 Å². The lowest BCUT2D eigenvalue weighted by molar-refractivity contribution is 1.44. The van der Waals surface area contributed by atoms with Crippen LogP contribution < -0.4 is 0 Å². The van der Waals surface area contributed by atoms with E-state index in [2.05, 4.69) is 60.1 Å². The SMILES string of the molecule is C(#Cc1cccc(C#CC2=CCC=C2)c1)C1=CCC=C1. The number of allylic oxidation sites excluding steroid dienone is 8. The Morgan fingerprint density at radius 2 is 1.25 bits per heavy atom. The quantitative estimate of drug-likeness (QED) is 0.610. The van der Waals surface area contributed by atoms with Gasteiger partial charge in [-0.1, -0.05) is 66.2 Å². The van der Waals surface area contributed by atoms with Crippen molar-refractivity contribution in [2.45, 2.75) is 12.8 Å². The summed E-state index contributed by atoms with van der Waals surface area (Å²) in [5.74, 6) is 12.7. The van der Waals surface area contributed by atoms with E-state index in [4.69, 9.17) is 0 Å². The van der Waals surface area contributed by atoms with E-state index in [1.807, 2.05) is 24.3 Å². The molecule has 0 nitrogen and oxygen atoms in total. The van der Waals surface area contributed by atoms with Crippen LogP contribution in [0.4, 0.5) is 0 Å². The molecule has 1 aromatic carbocycles. The van der Waals surface area contributed by atoms with Gasteiger partial charge in [-0.2, -0.15) is 0 Å². The maximum absolute atomic E-state index is 3.19. The van der Waals surface area contributed by atoms with Gasteiger partial charge in [-0.15, -0.1) is 0 Å². The van der Waals surface area contributed by atoms with Crippen LogP contribution in [-0.4, -0.2) is 0 Å². The predicted octanol–water partition coefficient (Wildman–Crippen LogP) is 4.16. The smallest absolute Gasteiger partial charge is 0.0261 e. The molecule has 2 aliphatic rings. The van der Waals surface area contributed by atoms with Crippen molar-refractivity contribution < 1.29 is 0 Å². The minimum atomic E-state index is 0.998. The first-order chi connectivity index (χ1) is 9.90. The number of rotatable bonds is 0. The highest BCUT2D eigenvalue weighted by Crippen LogP contribution is 2.09. The molecule has 0 bridgehead atoms. The van der Waals surface area contributed by atoms with Gasteiger partial charge in [0.1, 0.15) is 0 Å². The second kappa shape index (κ2) is 5.96. The van der Waals surface area contributed by atoms with E-state index in [-0.39, 0.29) is 0 Å². The van der Waals surface area contributed by atoms with E-state index >= 15 is 0 Å². The number of hydrogen-bond acceptors (Lipinski definition) is 0. The molecule has 0 N–H and O–H groups in total. The van der Waals surface area contributed by atoms with Gasteiger partial charge in [0.25, 0.3) is 0 Å². The van der Waals surface area contributed by atoms with E-state index in [0.29, 0.717) is 0 Å². The van der Waals surface area contributed by atoms with Crippen molar-refractivity contribution >= 4 is 0 Å². The van der Waals surface area contributed by atoms with Crippen LogP contribution in [0.25, 0.3) is 0 Å². The second-order valence-electron chi connectivity index (χ2n) is 4.68. The molecule has 0 amide bonds. The van der Waals surface area contributed by atoms with Crippen molar-refractivity contribution in [3.05, 3.63) is 83.0 Å². The highest BCUT2D eigenvalue weighted by molar-refractivity contribution is 5.52. The minimum Gasteiger partial charge on any atom is -0.0795 e. The summed E-state index contributed by atoms with van der Waals surface area (Å²) in [5, 5.41) is 0. The Labute approximate surface area is 120 Å². The minimum absolute atomic E-state index is 0.998. The summed E-state index contributed by atoms with van der Waals surface area (Å²) in [6, 6.07) is 8.09. The van der Waals surface area contributed by atoms with E-state index in [1.165, 1.54) is 0 Å². The molecule has 0 heterocycles. The third kappa shape index (κ3) is 3.19. The van der Waals surface area contributed by atoms with Crippen LogP contribution in [0, 0.1) is 23.7 Å². The summed E-state index contributed by atoms with van der Waals surface area (Å²) in [6.45, 7) is 0. The zero-order chi connectivity index (χ0) is 13.6. The Bertz CT molecular complexity index is 696. The molecule has 1 aromatic rings. The molecule has 0 radical (unpaired) electrons. The Morgan fingerprint density at radius 1 is 0.700 bits per heavy atom. The van der Waals surface area contributed by atoms with Crippen LogP contribution in [0.15, 0.2) is 71.9 Å². The Balaban J connectivity index is 1.79. The lowest BCUT2D eigenvalue weighted by Gasteiger charge is -1.92. The lowest BCUT2D eigenvalue weighted by atomic mass is 10.1. The third-order valence-corrected chi connectivity index (χ3v) is 3.11. The predicted molar refractivity (Wildman–Crippen MR) is 83.9 cm³/mol. The van der Waals surface area contributed by atoms with E-state index < -0.39 is 0 Å². The monoisotopic (exact) mass is 254 g/mol. The topological polar surface area (TPSA) is 0 Å². The van der Waals surface area contributed by atoms with Crippen LogP contribution >= 0.6 is 0 Å². The molecule has 20 heavy (non-hydrogen) atoms. The summed E-state index contributed by atoms with van der Waals surface area (Å²) < 4.78 is 0. The van der Waals surface area contributed by atoms with Gasteiger partial charge in [-0.05, 0) is 31.0 Å². The van der Waals surface area contributed by atoms with Gasteiger partial charge in [-0.3, -0.25) is 0 Å². The van der Waals surface area contributed by atoms with Crippen LogP contribution in [0.1, 0.15) is 24.0 Å². The molecule has 0 saturated heterocycles. The average molecular weight is 254 g/mol. The van der Waals surface area contributed by atoms with E-state index in [0.717, 1.165) is 35.1 Å². The molecule has 3 rings (SSSR count). The largest absolute Gasteiger partial charge is 0.0795 e. The third-order valence-electron chi connectivity index (χ3n) is 3.11. The molecule has 0 unspecified atom stereocenters. The van der Waals surface area contributed by atoms with Gasteiger partial charge in [0.2, 0.25) is 0 Å². The summed E-state index contributed by atoms with van der Waals surface area (Å²) >= 11 is 0. The molecular formula is C20H14. The summed E-state index contributed by atoms with van der Waals surface area (Å²) in [5.41, 5.74) is 4.22. The zero-order valence-electron chi connectivity index (χ0n) is 11.2. The van der Waals surface area contributed by atoms with Crippen LogP contribution in [0.3, 0.4) is 0 Å². The van der Waals surface area contributed by atoms with Crippen molar-refractivity contribution in [1.82, 2.24) is 0 Å². The zero-order valence-corrected chi connectivity index (χ0v) is 11.2. The molecule has 0 aliphatic heterocycles. The highest BCUT2D eigenvalue weighted by atomic mass is 14.0. The van der Waals surface area contributed by atoms with Crippen LogP contribution in [-0.2, 0) is 0 Å². The fourth-order valence-electron chi connectivity index (χ4n) is 2.06. The van der Waals surface area contributed by atoms with Crippen molar-refractivity contribution in [2.75, 3.05) is 0 Å². The highest BCUT2D eigenvalue weighted by Gasteiger charge is 1.94. The molecule has 0 atom stereocenters. The van der Waals surface area contributed by atoms with E-state index in [9.17, 15) is 0 Å². The summed E-state index contributed by atoms with van der Waals surface area (Å²) in [6.07, 6.45) is 14.6. The summed E-state index contributed by atoms with van der Waals surface area (Å²) in [7, 11) is 0. The van der Waals surface area contributed by atoms with E-state index in [1.54, 1.807) is 0 Å². The lowest BCUT2D eigenvalue weighted by Crippen LogP contribution is -1.79. The van der Waals surface area contributed by atoms with Crippen molar-refractivity contribution in [1.29, 1.82) is 0 Å². The fraction of sp³-hybridized carbons (Fsp3) is 0.100. The molecule has 0 aromatic heterocycles. The second-order valence-corrected chi connectivity index (χ2v) is 4.68. The van der Waals surface area contributed by atoms with Gasteiger partial charge >= 0.3 is 0 Å². The first-order valence-corrected chi connectivity index (χ1v) is 6.78. The summed E-state index contributed by atoms with van der Waals surface area (Å²) in [4.78, 5) is 0. The molecule has 2 aliphatic carbocycles. The van der Waals surface area contributed by atoms with Crippen LogP contribution in [0.5, 0.6) is 0 Å². The molecular weight excluding hydrogens is 240 g/mol. The maximum atomic E-state index is 3.19. The fourth-order valence-corrected chi connectivity index (χ4v) is 2.06. The maximum Gasteiger partial charge on any atom is 0.0261 e. The molecule has 0 fully saturated rings. The molecule has 0 saturated carbocycles. The van der Waals surface area contributed by atoms with Gasteiger partial charge < -0.3 is 0 Å². The standard InChI is InChI=1S/C20H14/c1-2-7-17(6-1)12-14-19-10-5-11-20(16-19)15-13-18-8-3-4-9-18/h1,3,5-11,16H,2,4H2. The molecule has 0 spiro atoms. The van der Waals surface area contributed by atoms with Gasteiger partial charge in [0, 0.05) is 22.3 Å². The Hall–Kier alpha value is -2.70. The first kappa shape index (κ1) is 12.3.